The van der Waals surface area contributed by atoms with Gasteiger partial charge in [-0.15, -0.1) is 6.58 Å². The Labute approximate surface area is 155 Å². The number of rotatable bonds is 11. The van der Waals surface area contributed by atoms with Gasteiger partial charge in [0.1, 0.15) is 0 Å². The molecule has 0 radical (unpaired) electrons. The molecule has 0 aromatic rings. The highest BCUT2D eigenvalue weighted by atomic mass is 16.5. The first kappa shape index (κ1) is 20.2. The molecule has 140 valence electrons. The normalized spacial score (nSPS) is 29.3. The van der Waals surface area contributed by atoms with Gasteiger partial charge in [-0.05, 0) is 50.9 Å². The lowest BCUT2D eigenvalue weighted by molar-refractivity contribution is 0.0801. The fraction of sp³-hybridized carbons (Fsp3) is 0.667. The van der Waals surface area contributed by atoms with Crippen molar-refractivity contribution in [2.24, 2.45) is 17.3 Å². The monoisotopic (exact) mass is 342 g/mol. The molecule has 1 saturated carbocycles. The van der Waals surface area contributed by atoms with E-state index in [0.29, 0.717) is 0 Å². The maximum absolute atomic E-state index is 5.92. The molecule has 0 aromatic heterocycles. The Bertz CT molecular complexity index is 451. The van der Waals surface area contributed by atoms with Crippen molar-refractivity contribution in [2.75, 3.05) is 13.2 Å². The van der Waals surface area contributed by atoms with Crippen LogP contribution < -0.4 is 0 Å². The van der Waals surface area contributed by atoms with Crippen LogP contribution in [0.3, 0.4) is 0 Å². The van der Waals surface area contributed by atoms with Gasteiger partial charge in [0.25, 0.3) is 0 Å². The number of allylic oxidation sites excluding steroid dienone is 5. The van der Waals surface area contributed by atoms with Crippen molar-refractivity contribution >= 4 is 0 Å². The Hall–Kier alpha value is -1.08. The lowest BCUT2D eigenvalue weighted by atomic mass is 9.76. The van der Waals surface area contributed by atoms with E-state index in [1.165, 1.54) is 57.8 Å². The van der Waals surface area contributed by atoms with E-state index in [1.807, 2.05) is 6.92 Å². The van der Waals surface area contributed by atoms with Crippen LogP contribution in [-0.4, -0.2) is 13.2 Å². The van der Waals surface area contributed by atoms with E-state index in [2.05, 4.69) is 49.1 Å². The van der Waals surface area contributed by atoms with Gasteiger partial charge in [-0.25, -0.2) is 0 Å². The molecule has 2 aliphatic carbocycles. The first-order chi connectivity index (χ1) is 12.3. The molecule has 1 atom stereocenters. The average Bonchev–Trinajstić information content (AvgIpc) is 2.65. The van der Waals surface area contributed by atoms with E-state index in [-0.39, 0.29) is 5.41 Å². The molecule has 0 saturated heterocycles. The molecule has 1 fully saturated rings. The highest BCUT2D eigenvalue weighted by molar-refractivity contribution is 5.16. The third-order valence-corrected chi connectivity index (χ3v) is 6.06. The predicted molar refractivity (Wildman–Crippen MR) is 110 cm³/mol. The molecule has 1 nitrogen and oxygen atoms in total. The standard InChI is InChI=1S/C24H38O/c1-3-5-20-25-21-24(17-8-6-9-18-24)19-10-7-12-23-15-13-22(11-4-2)14-16-23/h3-6,8-9,17,22-23H,2,7,10-16,18-21H2,1H3. The zero-order valence-corrected chi connectivity index (χ0v) is 16.3. The molecule has 0 N–H and O–H groups in total. The molecule has 25 heavy (non-hydrogen) atoms. The largest absolute Gasteiger partial charge is 0.376 e. The Morgan fingerprint density at radius 1 is 1.12 bits per heavy atom. The Morgan fingerprint density at radius 3 is 2.60 bits per heavy atom. The van der Waals surface area contributed by atoms with Gasteiger partial charge >= 0.3 is 0 Å². The summed E-state index contributed by atoms with van der Waals surface area (Å²) in [7, 11) is 0. The zero-order valence-electron chi connectivity index (χ0n) is 16.3. The van der Waals surface area contributed by atoms with Crippen molar-refractivity contribution in [3.63, 3.8) is 0 Å². The molecule has 0 amide bonds. The minimum absolute atomic E-state index is 0.234. The second kappa shape index (κ2) is 11.5. The quantitative estimate of drug-likeness (QED) is 0.289. The second-order valence-electron chi connectivity index (χ2n) is 8.09. The zero-order chi connectivity index (χ0) is 17.8. The van der Waals surface area contributed by atoms with Crippen LogP contribution in [0.1, 0.15) is 71.1 Å². The number of hydrogen-bond donors (Lipinski definition) is 0. The lowest BCUT2D eigenvalue weighted by Gasteiger charge is -2.32. The van der Waals surface area contributed by atoms with Gasteiger partial charge < -0.3 is 4.74 Å². The summed E-state index contributed by atoms with van der Waals surface area (Å²) in [5.74, 6) is 1.90. The van der Waals surface area contributed by atoms with Crippen LogP contribution in [0.15, 0.2) is 49.1 Å². The van der Waals surface area contributed by atoms with E-state index in [1.54, 1.807) is 0 Å². The molecule has 0 bridgehead atoms. The number of ether oxygens (including phenoxy) is 1. The molecule has 1 unspecified atom stereocenters. The Balaban J connectivity index is 1.66. The van der Waals surface area contributed by atoms with Gasteiger partial charge in [0, 0.05) is 5.41 Å². The van der Waals surface area contributed by atoms with Gasteiger partial charge in [-0.2, -0.15) is 0 Å². The fourth-order valence-corrected chi connectivity index (χ4v) is 4.40. The topological polar surface area (TPSA) is 9.23 Å². The van der Waals surface area contributed by atoms with Gasteiger partial charge in [0.05, 0.1) is 13.2 Å². The minimum Gasteiger partial charge on any atom is -0.376 e. The summed E-state index contributed by atoms with van der Waals surface area (Å²) < 4.78 is 5.92. The molecular weight excluding hydrogens is 304 g/mol. The first-order valence-corrected chi connectivity index (χ1v) is 10.4. The lowest BCUT2D eigenvalue weighted by Crippen LogP contribution is -2.25. The van der Waals surface area contributed by atoms with Crippen LogP contribution >= 0.6 is 0 Å². The summed E-state index contributed by atoms with van der Waals surface area (Å²) in [6.45, 7) is 7.53. The van der Waals surface area contributed by atoms with Crippen molar-refractivity contribution in [3.05, 3.63) is 49.1 Å². The summed E-state index contributed by atoms with van der Waals surface area (Å²) in [5.41, 5.74) is 0.234. The SMILES string of the molecule is C=CCC1CCC(CCCCC2(COCC=CC)C=CC=CC2)CC1. The van der Waals surface area contributed by atoms with Crippen LogP contribution in [0.4, 0.5) is 0 Å². The predicted octanol–water partition coefficient (Wildman–Crippen LogP) is 7.02. The highest BCUT2D eigenvalue weighted by Gasteiger charge is 2.27. The third kappa shape index (κ3) is 7.36. The maximum Gasteiger partial charge on any atom is 0.0647 e. The molecule has 2 rings (SSSR count). The molecular formula is C24H38O. The maximum atomic E-state index is 5.92. The van der Waals surface area contributed by atoms with Gasteiger partial charge in [0.2, 0.25) is 0 Å². The Kier molecular flexibility index (Phi) is 9.32. The summed E-state index contributed by atoms with van der Waals surface area (Å²) in [6, 6.07) is 0. The molecule has 0 spiro atoms. The number of unbranched alkanes of at least 4 members (excludes halogenated alkanes) is 1. The van der Waals surface area contributed by atoms with Crippen LogP contribution in [0, 0.1) is 17.3 Å². The van der Waals surface area contributed by atoms with Gasteiger partial charge in [-0.3, -0.25) is 0 Å². The smallest absolute Gasteiger partial charge is 0.0647 e. The van der Waals surface area contributed by atoms with E-state index in [4.69, 9.17) is 4.74 Å². The molecule has 0 heterocycles. The van der Waals surface area contributed by atoms with Crippen LogP contribution in [0.25, 0.3) is 0 Å². The Morgan fingerprint density at radius 2 is 1.92 bits per heavy atom. The van der Waals surface area contributed by atoms with Crippen LogP contribution in [-0.2, 0) is 4.74 Å². The average molecular weight is 343 g/mol. The van der Waals surface area contributed by atoms with E-state index >= 15 is 0 Å². The van der Waals surface area contributed by atoms with Crippen LogP contribution in [0.2, 0.25) is 0 Å². The summed E-state index contributed by atoms with van der Waals surface area (Å²) in [6.07, 6.45) is 28.8. The summed E-state index contributed by atoms with van der Waals surface area (Å²) >= 11 is 0. The van der Waals surface area contributed by atoms with Crippen molar-refractivity contribution in [2.45, 2.75) is 71.1 Å². The molecule has 0 aromatic carbocycles. The van der Waals surface area contributed by atoms with Crippen molar-refractivity contribution < 1.29 is 4.74 Å². The fourth-order valence-electron chi connectivity index (χ4n) is 4.40. The first-order valence-electron chi connectivity index (χ1n) is 10.4. The molecule has 2 aliphatic rings. The summed E-state index contributed by atoms with van der Waals surface area (Å²) in [5, 5.41) is 0. The van der Waals surface area contributed by atoms with E-state index in [9.17, 15) is 0 Å². The van der Waals surface area contributed by atoms with Gasteiger partial charge in [-0.1, -0.05) is 74.6 Å². The minimum atomic E-state index is 0.234. The van der Waals surface area contributed by atoms with Crippen molar-refractivity contribution in [1.82, 2.24) is 0 Å². The molecule has 0 aliphatic heterocycles. The van der Waals surface area contributed by atoms with Crippen molar-refractivity contribution in [3.8, 4) is 0 Å². The number of hydrogen-bond acceptors (Lipinski definition) is 1. The van der Waals surface area contributed by atoms with Crippen LogP contribution in [0.5, 0.6) is 0 Å². The summed E-state index contributed by atoms with van der Waals surface area (Å²) in [4.78, 5) is 0. The molecule has 1 heteroatoms. The van der Waals surface area contributed by atoms with E-state index < -0.39 is 0 Å². The van der Waals surface area contributed by atoms with E-state index in [0.717, 1.165) is 31.5 Å². The third-order valence-electron chi connectivity index (χ3n) is 6.06. The highest BCUT2D eigenvalue weighted by Crippen LogP contribution is 2.37. The van der Waals surface area contributed by atoms with Crippen molar-refractivity contribution in [1.29, 1.82) is 0 Å². The second-order valence-corrected chi connectivity index (χ2v) is 8.09. The van der Waals surface area contributed by atoms with Gasteiger partial charge in [0.15, 0.2) is 0 Å².